The van der Waals surface area contributed by atoms with Gasteiger partial charge in [-0.15, -0.1) is 0 Å². The van der Waals surface area contributed by atoms with Crippen molar-refractivity contribution >= 4 is 29.1 Å². The minimum Gasteiger partial charge on any atom is -0.349 e. The standard InChI is InChI=1S/C17H22Cl2N4O/c1-17(2,3)15-9-14(16(24)21-7-6-20)23(22-15)10-11-4-5-12(18)8-13(11)19/h4-5,8-9H,6-7,10,20H2,1-3H3,(H,21,24). The van der Waals surface area contributed by atoms with Crippen LogP contribution in [0, 0.1) is 0 Å². The van der Waals surface area contributed by atoms with E-state index in [4.69, 9.17) is 28.9 Å². The lowest BCUT2D eigenvalue weighted by Gasteiger charge is -2.14. The summed E-state index contributed by atoms with van der Waals surface area (Å²) in [6, 6.07) is 7.10. The van der Waals surface area contributed by atoms with Gasteiger partial charge in [-0.3, -0.25) is 9.48 Å². The Kier molecular flexibility index (Phi) is 5.91. The predicted molar refractivity (Wildman–Crippen MR) is 97.9 cm³/mol. The number of carbonyl (C=O) groups is 1. The van der Waals surface area contributed by atoms with Crippen LogP contribution in [0.3, 0.4) is 0 Å². The zero-order valence-corrected chi connectivity index (χ0v) is 15.6. The van der Waals surface area contributed by atoms with Gasteiger partial charge in [0.25, 0.3) is 5.91 Å². The van der Waals surface area contributed by atoms with Crippen molar-refractivity contribution in [1.82, 2.24) is 15.1 Å². The van der Waals surface area contributed by atoms with E-state index in [0.717, 1.165) is 11.3 Å². The van der Waals surface area contributed by atoms with Crippen LogP contribution in [0.4, 0.5) is 0 Å². The number of benzene rings is 1. The van der Waals surface area contributed by atoms with Crippen molar-refractivity contribution in [2.24, 2.45) is 5.73 Å². The monoisotopic (exact) mass is 368 g/mol. The molecule has 2 aromatic rings. The molecule has 24 heavy (non-hydrogen) atoms. The molecule has 2 rings (SSSR count). The van der Waals surface area contributed by atoms with Crippen LogP contribution < -0.4 is 11.1 Å². The number of hydrogen-bond acceptors (Lipinski definition) is 3. The molecule has 0 unspecified atom stereocenters. The number of nitrogens with two attached hydrogens (primary N) is 1. The average Bonchev–Trinajstić information content (AvgIpc) is 2.92. The highest BCUT2D eigenvalue weighted by atomic mass is 35.5. The van der Waals surface area contributed by atoms with E-state index in [9.17, 15) is 4.79 Å². The molecular formula is C17H22Cl2N4O. The second-order valence-electron chi connectivity index (χ2n) is 6.60. The second-order valence-corrected chi connectivity index (χ2v) is 7.45. The lowest BCUT2D eigenvalue weighted by Crippen LogP contribution is -2.30. The minimum atomic E-state index is -0.200. The maximum Gasteiger partial charge on any atom is 0.269 e. The average molecular weight is 369 g/mol. The summed E-state index contributed by atoms with van der Waals surface area (Å²) < 4.78 is 1.67. The van der Waals surface area contributed by atoms with Gasteiger partial charge in [-0.05, 0) is 23.8 Å². The quantitative estimate of drug-likeness (QED) is 0.850. The molecule has 0 aliphatic rings. The topological polar surface area (TPSA) is 72.9 Å². The summed E-state index contributed by atoms with van der Waals surface area (Å²) in [6.45, 7) is 7.34. The molecule has 1 aromatic heterocycles. The fourth-order valence-electron chi connectivity index (χ4n) is 2.17. The molecule has 130 valence electrons. The summed E-state index contributed by atoms with van der Waals surface area (Å²) in [5, 5.41) is 8.50. The number of amides is 1. The van der Waals surface area contributed by atoms with Crippen molar-refractivity contribution in [3.05, 3.63) is 51.3 Å². The summed E-state index contributed by atoms with van der Waals surface area (Å²) in [5.74, 6) is -0.200. The number of nitrogens with zero attached hydrogens (tertiary/aromatic N) is 2. The molecule has 1 aromatic carbocycles. The zero-order valence-electron chi connectivity index (χ0n) is 14.1. The van der Waals surface area contributed by atoms with E-state index in [-0.39, 0.29) is 11.3 Å². The highest BCUT2D eigenvalue weighted by molar-refractivity contribution is 6.35. The fraction of sp³-hybridized carbons (Fsp3) is 0.412. The third kappa shape index (κ3) is 4.50. The summed E-state index contributed by atoms with van der Waals surface area (Å²) >= 11 is 12.2. The van der Waals surface area contributed by atoms with E-state index in [1.807, 2.05) is 12.1 Å². The SMILES string of the molecule is CC(C)(C)c1cc(C(=O)NCCN)n(Cc2ccc(Cl)cc2Cl)n1. The molecule has 3 N–H and O–H groups in total. The van der Waals surface area contributed by atoms with Gasteiger partial charge in [-0.25, -0.2) is 0 Å². The smallest absolute Gasteiger partial charge is 0.269 e. The summed E-state index contributed by atoms with van der Waals surface area (Å²) in [6.07, 6.45) is 0. The van der Waals surface area contributed by atoms with Crippen LogP contribution in [0.2, 0.25) is 10.0 Å². The Morgan fingerprint density at radius 2 is 2.00 bits per heavy atom. The molecule has 0 aliphatic carbocycles. The normalized spacial score (nSPS) is 11.6. The number of hydrogen-bond donors (Lipinski definition) is 2. The van der Waals surface area contributed by atoms with E-state index in [2.05, 4.69) is 31.2 Å². The van der Waals surface area contributed by atoms with E-state index in [1.54, 1.807) is 16.8 Å². The molecule has 0 radical (unpaired) electrons. The Morgan fingerprint density at radius 1 is 1.29 bits per heavy atom. The van der Waals surface area contributed by atoms with Gasteiger partial charge >= 0.3 is 0 Å². The first-order valence-corrected chi connectivity index (χ1v) is 8.48. The Labute approximate surface area is 152 Å². The van der Waals surface area contributed by atoms with Crippen molar-refractivity contribution in [3.8, 4) is 0 Å². The van der Waals surface area contributed by atoms with Crippen LogP contribution in [-0.2, 0) is 12.0 Å². The first kappa shape index (κ1) is 18.8. The molecule has 1 amide bonds. The minimum absolute atomic E-state index is 0.169. The van der Waals surface area contributed by atoms with Crippen molar-refractivity contribution < 1.29 is 4.79 Å². The number of rotatable bonds is 5. The van der Waals surface area contributed by atoms with E-state index < -0.39 is 0 Å². The molecule has 5 nitrogen and oxygen atoms in total. The predicted octanol–water partition coefficient (Wildman–Crippen LogP) is 3.22. The van der Waals surface area contributed by atoms with Gasteiger partial charge in [0, 0.05) is 28.5 Å². The molecule has 1 heterocycles. The maximum atomic E-state index is 12.4. The van der Waals surface area contributed by atoms with Gasteiger partial charge in [-0.2, -0.15) is 5.10 Å². The van der Waals surface area contributed by atoms with E-state index in [1.165, 1.54) is 0 Å². The van der Waals surface area contributed by atoms with Gasteiger partial charge in [0.15, 0.2) is 0 Å². The number of nitrogens with one attached hydrogen (secondary N) is 1. The summed E-state index contributed by atoms with van der Waals surface area (Å²) in [5.41, 5.74) is 7.46. The van der Waals surface area contributed by atoms with Gasteiger partial charge in [0.05, 0.1) is 12.2 Å². The Bertz CT molecular complexity index is 735. The Balaban J connectivity index is 2.39. The van der Waals surface area contributed by atoms with Crippen LogP contribution in [0.5, 0.6) is 0 Å². The van der Waals surface area contributed by atoms with Crippen LogP contribution >= 0.6 is 23.2 Å². The Hall–Kier alpha value is -1.56. The van der Waals surface area contributed by atoms with Crippen LogP contribution in [0.15, 0.2) is 24.3 Å². The van der Waals surface area contributed by atoms with Gasteiger partial charge in [0.1, 0.15) is 5.69 Å². The van der Waals surface area contributed by atoms with Gasteiger partial charge < -0.3 is 11.1 Å². The molecule has 0 fully saturated rings. The molecule has 7 heteroatoms. The number of halogens is 2. The van der Waals surface area contributed by atoms with E-state index >= 15 is 0 Å². The fourth-order valence-corrected chi connectivity index (χ4v) is 2.64. The largest absolute Gasteiger partial charge is 0.349 e. The third-order valence-corrected chi connectivity index (χ3v) is 4.13. The molecular weight excluding hydrogens is 347 g/mol. The van der Waals surface area contributed by atoms with Gasteiger partial charge in [0.2, 0.25) is 0 Å². The number of carbonyl (C=O) groups excluding carboxylic acids is 1. The molecule has 0 bridgehead atoms. The molecule has 0 spiro atoms. The highest BCUT2D eigenvalue weighted by Crippen LogP contribution is 2.25. The second kappa shape index (κ2) is 7.55. The van der Waals surface area contributed by atoms with Crippen molar-refractivity contribution in [3.63, 3.8) is 0 Å². The molecule has 0 saturated carbocycles. The van der Waals surface area contributed by atoms with Crippen LogP contribution in [-0.4, -0.2) is 28.8 Å². The highest BCUT2D eigenvalue weighted by Gasteiger charge is 2.23. The van der Waals surface area contributed by atoms with E-state index in [0.29, 0.717) is 35.4 Å². The third-order valence-electron chi connectivity index (χ3n) is 3.55. The molecule has 0 aliphatic heterocycles. The summed E-state index contributed by atoms with van der Waals surface area (Å²) in [4.78, 5) is 12.4. The van der Waals surface area contributed by atoms with Crippen LogP contribution in [0.1, 0.15) is 42.5 Å². The first-order chi connectivity index (χ1) is 11.2. The molecule has 0 atom stereocenters. The number of aromatic nitrogens is 2. The lowest BCUT2D eigenvalue weighted by molar-refractivity contribution is 0.0944. The van der Waals surface area contributed by atoms with Crippen molar-refractivity contribution in [2.75, 3.05) is 13.1 Å². The lowest BCUT2D eigenvalue weighted by atomic mass is 9.92. The molecule has 0 saturated heterocycles. The zero-order chi connectivity index (χ0) is 17.9. The summed E-state index contributed by atoms with van der Waals surface area (Å²) in [7, 11) is 0. The Morgan fingerprint density at radius 3 is 2.58 bits per heavy atom. The maximum absolute atomic E-state index is 12.4. The van der Waals surface area contributed by atoms with Crippen molar-refractivity contribution in [2.45, 2.75) is 32.7 Å². The van der Waals surface area contributed by atoms with Crippen LogP contribution in [0.25, 0.3) is 0 Å². The van der Waals surface area contributed by atoms with Gasteiger partial charge in [-0.1, -0.05) is 50.0 Å². The first-order valence-electron chi connectivity index (χ1n) is 7.73. The van der Waals surface area contributed by atoms with Crippen molar-refractivity contribution in [1.29, 1.82) is 0 Å².